The van der Waals surface area contributed by atoms with Crippen LogP contribution in [0.25, 0.3) is 0 Å². The molecule has 4 N–H and O–H groups in total. The predicted octanol–water partition coefficient (Wildman–Crippen LogP) is 3.64. The molecule has 10 nitrogen and oxygen atoms in total. The van der Waals surface area contributed by atoms with E-state index in [1.807, 2.05) is 0 Å². The number of allylic oxidation sites excluding steroid dienone is 1. The van der Waals surface area contributed by atoms with Crippen LogP contribution >= 0.6 is 0 Å². The van der Waals surface area contributed by atoms with Gasteiger partial charge in [0.2, 0.25) is 5.91 Å². The Morgan fingerprint density at radius 3 is 2.00 bits per heavy atom. The number of benzene rings is 3. The number of nitrogens with zero attached hydrogens (tertiary/aromatic N) is 3. The molecule has 1 heterocycles. The van der Waals surface area contributed by atoms with Crippen LogP contribution in [0.4, 0.5) is 11.4 Å². The van der Waals surface area contributed by atoms with Crippen LogP contribution in [-0.4, -0.2) is 61.9 Å². The number of carbonyl (C=O) groups excluding carboxylic acids is 2. The van der Waals surface area contributed by atoms with Gasteiger partial charge in [0.1, 0.15) is 5.82 Å². The predicted molar refractivity (Wildman–Crippen MR) is 161 cm³/mol. The maximum absolute atomic E-state index is 12.9. The summed E-state index contributed by atoms with van der Waals surface area (Å²) in [5.74, 6) is 0.275. The highest BCUT2D eigenvalue weighted by Gasteiger charge is 2.23. The van der Waals surface area contributed by atoms with E-state index in [1.54, 1.807) is 82.6 Å². The van der Waals surface area contributed by atoms with Crippen LogP contribution in [-0.2, 0) is 14.8 Å². The molecule has 3 aromatic carbocycles. The van der Waals surface area contributed by atoms with Crippen molar-refractivity contribution in [2.75, 3.05) is 36.2 Å². The number of anilines is 2. The van der Waals surface area contributed by atoms with E-state index in [4.69, 9.17) is 5.73 Å². The summed E-state index contributed by atoms with van der Waals surface area (Å²) in [7, 11) is -3.71. The van der Waals surface area contributed by atoms with E-state index >= 15 is 0 Å². The van der Waals surface area contributed by atoms with E-state index in [0.29, 0.717) is 60.2 Å². The fourth-order valence-electron chi connectivity index (χ4n) is 4.26. The Balaban J connectivity index is 1.39. The number of carbonyl (C=O) groups is 2. The lowest BCUT2D eigenvalue weighted by Crippen LogP contribution is -2.50. The quantitative estimate of drug-likeness (QED) is 0.335. The van der Waals surface area contributed by atoms with Gasteiger partial charge in [-0.2, -0.15) is 0 Å². The Kier molecular flexibility index (Phi) is 9.20. The number of aliphatic imine (C=N–C) groups is 1. The molecule has 1 fully saturated rings. The summed E-state index contributed by atoms with van der Waals surface area (Å²) in [6.07, 6.45) is 2.97. The van der Waals surface area contributed by atoms with Crippen molar-refractivity contribution >= 4 is 38.9 Å². The average Bonchev–Trinajstić information content (AvgIpc) is 2.98. The van der Waals surface area contributed by atoms with Gasteiger partial charge in [-0.15, -0.1) is 0 Å². The molecular formula is C30H32N6O4S. The first-order valence-corrected chi connectivity index (χ1v) is 14.4. The molecule has 2 amide bonds. The first-order valence-electron chi connectivity index (χ1n) is 12.9. The molecule has 11 heteroatoms. The number of piperazine rings is 1. The Morgan fingerprint density at radius 1 is 0.854 bits per heavy atom. The molecular weight excluding hydrogens is 540 g/mol. The van der Waals surface area contributed by atoms with Crippen molar-refractivity contribution in [2.24, 2.45) is 10.7 Å². The molecule has 0 radical (unpaired) electrons. The number of nitrogens with two attached hydrogens (primary N) is 1. The van der Waals surface area contributed by atoms with Gasteiger partial charge in [0, 0.05) is 55.6 Å². The fraction of sp³-hybridized carbons (Fsp3) is 0.167. The molecule has 1 aliphatic heterocycles. The number of sulfonamides is 1. The minimum atomic E-state index is -3.71. The zero-order valence-corrected chi connectivity index (χ0v) is 23.5. The van der Waals surface area contributed by atoms with Gasteiger partial charge in [-0.3, -0.25) is 14.3 Å². The van der Waals surface area contributed by atoms with Crippen molar-refractivity contribution < 1.29 is 18.0 Å². The van der Waals surface area contributed by atoms with Gasteiger partial charge in [0.25, 0.3) is 15.9 Å². The molecule has 0 spiro atoms. The third kappa shape index (κ3) is 7.61. The van der Waals surface area contributed by atoms with Gasteiger partial charge in [0.05, 0.1) is 10.6 Å². The Hall–Kier alpha value is -4.90. The highest BCUT2D eigenvalue weighted by molar-refractivity contribution is 7.92. The Morgan fingerprint density at radius 2 is 1.41 bits per heavy atom. The van der Waals surface area contributed by atoms with Crippen LogP contribution < -0.4 is 15.8 Å². The van der Waals surface area contributed by atoms with Crippen LogP contribution in [0.3, 0.4) is 0 Å². The number of amides is 2. The average molecular weight is 573 g/mol. The zero-order chi connectivity index (χ0) is 29.4. The molecule has 41 heavy (non-hydrogen) atoms. The minimum absolute atomic E-state index is 0.0174. The van der Waals surface area contributed by atoms with Crippen molar-refractivity contribution in [1.82, 2.24) is 9.80 Å². The third-order valence-corrected chi connectivity index (χ3v) is 7.83. The van der Waals surface area contributed by atoms with Crippen molar-refractivity contribution in [2.45, 2.75) is 11.8 Å². The second kappa shape index (κ2) is 13.0. The van der Waals surface area contributed by atoms with Gasteiger partial charge in [-0.1, -0.05) is 36.9 Å². The first kappa shape index (κ1) is 29.1. The molecule has 1 saturated heterocycles. The summed E-state index contributed by atoms with van der Waals surface area (Å²) in [5, 5.41) is 3.11. The van der Waals surface area contributed by atoms with Crippen LogP contribution in [0.1, 0.15) is 22.8 Å². The molecule has 212 valence electrons. The fourth-order valence-corrected chi connectivity index (χ4v) is 5.33. The van der Waals surface area contributed by atoms with Gasteiger partial charge >= 0.3 is 0 Å². The lowest BCUT2D eigenvalue weighted by atomic mass is 10.1. The molecule has 4 rings (SSSR count). The molecule has 1 aliphatic rings. The second-order valence-corrected chi connectivity index (χ2v) is 11.0. The van der Waals surface area contributed by atoms with E-state index in [1.165, 1.54) is 25.3 Å². The number of nitrogens with one attached hydrogen (secondary N) is 2. The van der Waals surface area contributed by atoms with Crippen LogP contribution in [0.5, 0.6) is 0 Å². The van der Waals surface area contributed by atoms with Crippen molar-refractivity contribution in [3.8, 4) is 0 Å². The Labute approximate surface area is 239 Å². The van der Waals surface area contributed by atoms with E-state index < -0.39 is 10.0 Å². The van der Waals surface area contributed by atoms with Crippen LogP contribution in [0, 0.1) is 0 Å². The van der Waals surface area contributed by atoms with Gasteiger partial charge < -0.3 is 20.9 Å². The summed E-state index contributed by atoms with van der Waals surface area (Å²) in [4.78, 5) is 32.6. The largest absolute Gasteiger partial charge is 0.405 e. The minimum Gasteiger partial charge on any atom is -0.405 e. The van der Waals surface area contributed by atoms with Crippen molar-refractivity contribution in [3.05, 3.63) is 115 Å². The standard InChI is InChI=1S/C30H32N6O4S/c1-22(32-26-12-10-25(11-13-26)30(38)36-20-18-35(19-21-36)23(2)37)33-29(16-17-31)24-8-14-27(15-9-24)34-41(39,40)28-6-4-3-5-7-28/h3-17,32,34H,1,18-21,31H2,2H3/b17-16-,33-29?. The molecule has 0 unspecified atom stereocenters. The SMILES string of the molecule is C=C(N=C(/C=C\N)c1ccc(NS(=O)(=O)c2ccccc2)cc1)Nc1ccc(C(=O)N2CCN(C(C)=O)CC2)cc1. The highest BCUT2D eigenvalue weighted by Crippen LogP contribution is 2.19. The second-order valence-electron chi connectivity index (χ2n) is 9.30. The molecule has 0 aliphatic carbocycles. The zero-order valence-electron chi connectivity index (χ0n) is 22.7. The van der Waals surface area contributed by atoms with Crippen LogP contribution in [0.2, 0.25) is 0 Å². The van der Waals surface area contributed by atoms with E-state index in [9.17, 15) is 18.0 Å². The number of hydrogen-bond acceptors (Lipinski definition) is 7. The van der Waals surface area contributed by atoms with Crippen molar-refractivity contribution in [3.63, 3.8) is 0 Å². The van der Waals surface area contributed by atoms with Crippen molar-refractivity contribution in [1.29, 1.82) is 0 Å². The molecule has 0 saturated carbocycles. The molecule has 0 bridgehead atoms. The third-order valence-electron chi connectivity index (χ3n) is 6.43. The number of rotatable bonds is 9. The van der Waals surface area contributed by atoms with Crippen LogP contribution in [0.15, 0.2) is 113 Å². The lowest BCUT2D eigenvalue weighted by Gasteiger charge is -2.34. The molecule has 0 aromatic heterocycles. The number of hydrogen-bond donors (Lipinski definition) is 3. The highest BCUT2D eigenvalue weighted by atomic mass is 32.2. The monoisotopic (exact) mass is 572 g/mol. The normalized spacial score (nSPS) is 14.1. The summed E-state index contributed by atoms with van der Waals surface area (Å²) in [6, 6.07) is 21.9. The lowest BCUT2D eigenvalue weighted by molar-refractivity contribution is -0.130. The smallest absolute Gasteiger partial charge is 0.261 e. The van der Waals surface area contributed by atoms with Gasteiger partial charge in [-0.25, -0.2) is 13.4 Å². The van der Waals surface area contributed by atoms with Gasteiger partial charge in [0.15, 0.2) is 0 Å². The van der Waals surface area contributed by atoms with E-state index in [0.717, 1.165) is 0 Å². The van der Waals surface area contributed by atoms with E-state index in [-0.39, 0.29) is 16.7 Å². The topological polar surface area (TPSA) is 137 Å². The summed E-state index contributed by atoms with van der Waals surface area (Å²) < 4.78 is 27.8. The summed E-state index contributed by atoms with van der Waals surface area (Å²) >= 11 is 0. The summed E-state index contributed by atoms with van der Waals surface area (Å²) in [5.41, 5.74) is 8.50. The Bertz CT molecular complexity index is 1560. The summed E-state index contributed by atoms with van der Waals surface area (Å²) in [6.45, 7) is 7.58. The first-order chi connectivity index (χ1) is 19.7. The molecule has 3 aromatic rings. The van der Waals surface area contributed by atoms with E-state index in [2.05, 4.69) is 21.6 Å². The maximum Gasteiger partial charge on any atom is 0.261 e. The maximum atomic E-state index is 12.9. The molecule has 0 atom stereocenters. The van der Waals surface area contributed by atoms with Gasteiger partial charge in [-0.05, 0) is 60.8 Å².